The number of benzene rings is 1. The van der Waals surface area contributed by atoms with Gasteiger partial charge in [-0.1, -0.05) is 11.6 Å². The number of fused-ring (bicyclic) bond motifs is 1. The minimum absolute atomic E-state index is 0.162. The highest BCUT2D eigenvalue weighted by Crippen LogP contribution is 2.28. The van der Waals surface area contributed by atoms with Gasteiger partial charge in [-0.25, -0.2) is 0 Å². The highest BCUT2D eigenvalue weighted by atomic mass is 35.5. The van der Waals surface area contributed by atoms with Crippen molar-refractivity contribution >= 4 is 23.6 Å². The van der Waals surface area contributed by atoms with Crippen molar-refractivity contribution in [2.45, 2.75) is 6.54 Å². The van der Waals surface area contributed by atoms with Crippen LogP contribution in [0.1, 0.15) is 11.3 Å². The van der Waals surface area contributed by atoms with Crippen LogP contribution in [0.3, 0.4) is 0 Å². The van der Waals surface area contributed by atoms with Crippen LogP contribution < -0.4 is 10.1 Å². The second kappa shape index (κ2) is 5.38. The number of nitrogens with zero attached hydrogens (tertiary/aromatic N) is 1. The van der Waals surface area contributed by atoms with Gasteiger partial charge >= 0.3 is 0 Å². The molecule has 5 nitrogen and oxygen atoms in total. The van der Waals surface area contributed by atoms with Gasteiger partial charge in [0.25, 0.3) is 5.91 Å². The second-order valence-electron chi connectivity index (χ2n) is 4.40. The van der Waals surface area contributed by atoms with E-state index in [1.807, 2.05) is 0 Å². The third-order valence-corrected chi connectivity index (χ3v) is 3.21. The quantitative estimate of drug-likeness (QED) is 0.910. The summed E-state index contributed by atoms with van der Waals surface area (Å²) in [6, 6.07) is 7.14. The van der Waals surface area contributed by atoms with Gasteiger partial charge < -0.3 is 10.1 Å². The van der Waals surface area contributed by atoms with E-state index in [0.717, 1.165) is 17.0 Å². The van der Waals surface area contributed by atoms with Crippen molar-refractivity contribution in [3.05, 3.63) is 52.3 Å². The molecule has 1 aliphatic rings. The molecule has 1 aliphatic heterocycles. The maximum absolute atomic E-state index is 12.1. The minimum Gasteiger partial charge on any atom is -0.488 e. The Morgan fingerprint density at radius 3 is 3.15 bits per heavy atom. The van der Waals surface area contributed by atoms with E-state index >= 15 is 0 Å². The first-order chi connectivity index (χ1) is 9.72. The predicted molar refractivity (Wildman–Crippen MR) is 75.4 cm³/mol. The van der Waals surface area contributed by atoms with Gasteiger partial charge in [-0.2, -0.15) is 5.10 Å². The molecule has 0 radical (unpaired) electrons. The van der Waals surface area contributed by atoms with Crippen LogP contribution in [0.2, 0.25) is 5.02 Å². The zero-order valence-electron chi connectivity index (χ0n) is 10.5. The van der Waals surface area contributed by atoms with E-state index in [0.29, 0.717) is 17.1 Å². The molecule has 1 aromatic heterocycles. The van der Waals surface area contributed by atoms with E-state index in [4.69, 9.17) is 16.3 Å². The lowest BCUT2D eigenvalue weighted by Crippen LogP contribution is -2.28. The monoisotopic (exact) mass is 289 g/mol. The van der Waals surface area contributed by atoms with Gasteiger partial charge in [0.1, 0.15) is 12.4 Å². The van der Waals surface area contributed by atoms with Crippen LogP contribution in [0.15, 0.2) is 36.0 Å². The number of aromatic nitrogens is 2. The fourth-order valence-corrected chi connectivity index (χ4v) is 2.13. The van der Waals surface area contributed by atoms with Gasteiger partial charge in [0.2, 0.25) is 0 Å². The molecule has 0 bridgehead atoms. The Balaban J connectivity index is 1.72. The number of nitrogens with one attached hydrogen (secondary N) is 2. The van der Waals surface area contributed by atoms with Crippen LogP contribution in [-0.4, -0.2) is 22.7 Å². The lowest BCUT2D eigenvalue weighted by atomic mass is 10.1. The normalized spacial score (nSPS) is 13.2. The van der Waals surface area contributed by atoms with Crippen LogP contribution in [-0.2, 0) is 11.3 Å². The van der Waals surface area contributed by atoms with Crippen LogP contribution >= 0.6 is 11.6 Å². The number of carbonyl (C=O) groups is 1. The summed E-state index contributed by atoms with van der Waals surface area (Å²) in [7, 11) is 0. The number of amides is 1. The third kappa shape index (κ3) is 2.67. The van der Waals surface area contributed by atoms with Crippen molar-refractivity contribution < 1.29 is 9.53 Å². The highest BCUT2D eigenvalue weighted by Gasteiger charge is 2.17. The summed E-state index contributed by atoms with van der Waals surface area (Å²) in [5, 5.41) is 10.0. The zero-order valence-corrected chi connectivity index (χ0v) is 11.3. The number of carbonyl (C=O) groups excluding carboxylic acids is 1. The lowest BCUT2D eigenvalue weighted by Gasteiger charge is -2.17. The third-order valence-electron chi connectivity index (χ3n) is 2.97. The molecular weight excluding hydrogens is 278 g/mol. The molecule has 0 atom stereocenters. The number of halogens is 1. The number of hydrogen-bond donors (Lipinski definition) is 2. The van der Waals surface area contributed by atoms with E-state index < -0.39 is 0 Å². The van der Waals surface area contributed by atoms with Gasteiger partial charge in [0.15, 0.2) is 0 Å². The van der Waals surface area contributed by atoms with E-state index in [1.165, 1.54) is 0 Å². The van der Waals surface area contributed by atoms with E-state index in [-0.39, 0.29) is 12.5 Å². The van der Waals surface area contributed by atoms with Crippen LogP contribution in [0, 0.1) is 0 Å². The molecule has 0 fully saturated rings. The summed E-state index contributed by atoms with van der Waals surface area (Å²) in [6.07, 6.45) is 3.44. The predicted octanol–water partition coefficient (Wildman–Crippen LogP) is 2.16. The molecule has 2 aromatic rings. The van der Waals surface area contributed by atoms with Crippen molar-refractivity contribution in [1.82, 2.24) is 15.5 Å². The Kier molecular flexibility index (Phi) is 3.43. The molecule has 1 aromatic carbocycles. The number of H-pyrrole nitrogens is 1. The molecule has 20 heavy (non-hydrogen) atoms. The highest BCUT2D eigenvalue weighted by molar-refractivity contribution is 6.30. The number of rotatable bonds is 3. The van der Waals surface area contributed by atoms with E-state index in [9.17, 15) is 4.79 Å². The average Bonchev–Trinajstić information content (AvgIpc) is 2.97. The van der Waals surface area contributed by atoms with Gasteiger partial charge in [0, 0.05) is 16.8 Å². The summed E-state index contributed by atoms with van der Waals surface area (Å²) in [5.74, 6) is 0.574. The molecule has 2 N–H and O–H groups in total. The maximum Gasteiger partial charge on any atom is 0.251 e. The molecule has 6 heteroatoms. The molecule has 3 rings (SSSR count). The van der Waals surface area contributed by atoms with Gasteiger partial charge in [-0.15, -0.1) is 0 Å². The first-order valence-electron chi connectivity index (χ1n) is 6.12. The van der Waals surface area contributed by atoms with Gasteiger partial charge in [-0.3, -0.25) is 9.89 Å². The fraction of sp³-hybridized carbons (Fsp3) is 0.143. The van der Waals surface area contributed by atoms with E-state index in [2.05, 4.69) is 15.5 Å². The second-order valence-corrected chi connectivity index (χ2v) is 4.84. The number of aromatic amines is 1. The lowest BCUT2D eigenvalue weighted by molar-refractivity contribution is -0.117. The number of hydrogen-bond acceptors (Lipinski definition) is 3. The first-order valence-corrected chi connectivity index (χ1v) is 6.49. The summed E-state index contributed by atoms with van der Waals surface area (Å²) < 4.78 is 5.54. The average molecular weight is 290 g/mol. The standard InChI is InChI=1S/C14H12ClN3O2/c15-11-1-2-13-9(6-11)5-10(8-20-13)14(19)16-7-12-3-4-17-18-12/h1-6H,7-8H2,(H,16,19)(H,17,18). The summed E-state index contributed by atoms with van der Waals surface area (Å²) in [6.45, 7) is 0.655. The largest absolute Gasteiger partial charge is 0.488 e. The van der Waals surface area contributed by atoms with E-state index in [1.54, 1.807) is 36.5 Å². The first kappa shape index (κ1) is 12.7. The van der Waals surface area contributed by atoms with Crippen LogP contribution in [0.25, 0.3) is 6.08 Å². The smallest absolute Gasteiger partial charge is 0.251 e. The maximum atomic E-state index is 12.1. The van der Waals surface area contributed by atoms with Gasteiger partial charge in [-0.05, 0) is 30.3 Å². The molecule has 102 valence electrons. The molecule has 2 heterocycles. The Morgan fingerprint density at radius 1 is 1.45 bits per heavy atom. The number of ether oxygens (including phenoxy) is 1. The SMILES string of the molecule is O=C(NCc1ccn[nH]1)C1=Cc2cc(Cl)ccc2OC1. The van der Waals surface area contributed by atoms with Crippen LogP contribution in [0.5, 0.6) is 5.75 Å². The Labute approximate surface area is 120 Å². The van der Waals surface area contributed by atoms with Crippen LogP contribution in [0.4, 0.5) is 0 Å². The minimum atomic E-state index is -0.162. The van der Waals surface area contributed by atoms with Crippen molar-refractivity contribution in [1.29, 1.82) is 0 Å². The van der Waals surface area contributed by atoms with Crippen molar-refractivity contribution in [2.24, 2.45) is 0 Å². The molecule has 0 spiro atoms. The van der Waals surface area contributed by atoms with Crippen molar-refractivity contribution in [3.8, 4) is 5.75 Å². The van der Waals surface area contributed by atoms with Crippen molar-refractivity contribution in [3.63, 3.8) is 0 Å². The van der Waals surface area contributed by atoms with Crippen molar-refractivity contribution in [2.75, 3.05) is 6.61 Å². The molecular formula is C14H12ClN3O2. The fourth-order valence-electron chi connectivity index (χ4n) is 1.95. The molecule has 0 saturated carbocycles. The Hall–Kier alpha value is -2.27. The molecule has 0 saturated heterocycles. The Bertz CT molecular complexity index is 665. The molecule has 0 aliphatic carbocycles. The topological polar surface area (TPSA) is 67.0 Å². The Morgan fingerprint density at radius 2 is 2.35 bits per heavy atom. The summed E-state index contributed by atoms with van der Waals surface area (Å²) >= 11 is 5.94. The van der Waals surface area contributed by atoms with Gasteiger partial charge in [0.05, 0.1) is 17.8 Å². The molecule has 1 amide bonds. The summed E-state index contributed by atoms with van der Waals surface area (Å²) in [5.41, 5.74) is 2.23. The molecule has 0 unspecified atom stereocenters. The summed E-state index contributed by atoms with van der Waals surface area (Å²) in [4.78, 5) is 12.1. The zero-order chi connectivity index (χ0) is 13.9.